The van der Waals surface area contributed by atoms with Crippen LogP contribution < -0.4 is 20.1 Å². The Morgan fingerprint density at radius 2 is 2.14 bits per heavy atom. The van der Waals surface area contributed by atoms with Gasteiger partial charge in [0.05, 0.1) is 17.2 Å². The van der Waals surface area contributed by atoms with Crippen LogP contribution in [0.25, 0.3) is 12.2 Å². The molecule has 0 unspecified atom stereocenters. The lowest BCUT2D eigenvalue weighted by molar-refractivity contribution is -0.135. The van der Waals surface area contributed by atoms with Gasteiger partial charge < -0.3 is 10.1 Å². The normalized spacial score (nSPS) is 20.6. The first-order valence-corrected chi connectivity index (χ1v) is 11.6. The molecule has 2 aromatic rings. The number of nitrogens with zero attached hydrogens (tertiary/aromatic N) is 1. The van der Waals surface area contributed by atoms with Crippen LogP contribution in [0.5, 0.6) is 0 Å². The Kier molecular flexibility index (Phi) is 7.44. The number of thiophene rings is 1. The molecule has 156 valence electrons. The Morgan fingerprint density at radius 1 is 1.34 bits per heavy atom. The predicted molar refractivity (Wildman–Crippen MR) is 116 cm³/mol. The average molecular weight is 435 g/mol. The first kappa shape index (κ1) is 21.5. The number of thiazole rings is 1. The summed E-state index contributed by atoms with van der Waals surface area (Å²) in [5.74, 6) is -0.296. The Balaban J connectivity index is 1.91. The number of carbonyl (C=O) groups is 2. The van der Waals surface area contributed by atoms with Gasteiger partial charge in [0.25, 0.3) is 5.56 Å². The highest BCUT2D eigenvalue weighted by Crippen LogP contribution is 2.23. The van der Waals surface area contributed by atoms with Crippen LogP contribution in [0.4, 0.5) is 0 Å². The number of rotatable bonds is 6. The molecule has 1 amide bonds. The molecule has 3 rings (SSSR count). The van der Waals surface area contributed by atoms with Crippen molar-refractivity contribution in [3.05, 3.63) is 41.9 Å². The zero-order chi connectivity index (χ0) is 20.8. The maximum absolute atomic E-state index is 12.9. The summed E-state index contributed by atoms with van der Waals surface area (Å²) >= 11 is 2.73. The van der Waals surface area contributed by atoms with Crippen molar-refractivity contribution in [2.45, 2.75) is 52.1 Å². The van der Waals surface area contributed by atoms with Crippen LogP contribution in [0.2, 0.25) is 0 Å². The second-order valence-electron chi connectivity index (χ2n) is 7.23. The van der Waals surface area contributed by atoms with Crippen molar-refractivity contribution in [3.63, 3.8) is 0 Å². The van der Waals surface area contributed by atoms with Crippen LogP contribution in [0, 0.1) is 5.92 Å². The van der Waals surface area contributed by atoms with Crippen molar-refractivity contribution in [2.24, 2.45) is 5.92 Å². The second-order valence-corrected chi connectivity index (χ2v) is 9.07. The fourth-order valence-electron chi connectivity index (χ4n) is 3.51. The van der Waals surface area contributed by atoms with Gasteiger partial charge in [-0.05, 0) is 54.1 Å². The molecule has 29 heavy (non-hydrogen) atoms. The van der Waals surface area contributed by atoms with Gasteiger partial charge in [0.1, 0.15) is 11.2 Å². The van der Waals surface area contributed by atoms with Crippen LogP contribution in [0.1, 0.15) is 45.1 Å². The van der Waals surface area contributed by atoms with E-state index >= 15 is 0 Å². The molecule has 2 aromatic heterocycles. The molecule has 1 N–H and O–H groups in total. The van der Waals surface area contributed by atoms with Crippen molar-refractivity contribution < 1.29 is 14.3 Å². The molecular formula is C21H26N2O4S2. The quantitative estimate of drug-likeness (QED) is 0.704. The lowest BCUT2D eigenvalue weighted by Gasteiger charge is -2.29. The molecule has 6 nitrogen and oxygen atoms in total. The molecule has 0 saturated heterocycles. The Hall–Kier alpha value is -2.19. The van der Waals surface area contributed by atoms with Gasteiger partial charge in [-0.15, -0.1) is 11.3 Å². The summed E-state index contributed by atoms with van der Waals surface area (Å²) in [4.78, 5) is 37.6. The SMILES string of the molecule is CCOC(=O)/C=c1\s/c(=C\c2ccsc2)c(=O)n1CC(=O)N[C@@H]1CCCC[C@@H]1C. The number of amides is 1. The van der Waals surface area contributed by atoms with Crippen LogP contribution in [0.3, 0.4) is 0 Å². The molecular weight excluding hydrogens is 408 g/mol. The smallest absolute Gasteiger partial charge is 0.333 e. The third kappa shape index (κ3) is 5.67. The van der Waals surface area contributed by atoms with E-state index in [1.165, 1.54) is 28.4 Å². The average Bonchev–Trinajstić information content (AvgIpc) is 3.28. The van der Waals surface area contributed by atoms with Gasteiger partial charge in [-0.3, -0.25) is 14.2 Å². The van der Waals surface area contributed by atoms with Crippen molar-refractivity contribution in [1.29, 1.82) is 0 Å². The molecule has 1 saturated carbocycles. The largest absolute Gasteiger partial charge is 0.463 e. The highest BCUT2D eigenvalue weighted by Gasteiger charge is 2.23. The molecule has 1 aliphatic rings. The summed E-state index contributed by atoms with van der Waals surface area (Å²) in [5.41, 5.74) is 0.646. The number of esters is 1. The van der Waals surface area contributed by atoms with E-state index in [2.05, 4.69) is 12.2 Å². The van der Waals surface area contributed by atoms with Gasteiger partial charge in [-0.2, -0.15) is 11.3 Å². The van der Waals surface area contributed by atoms with Crippen LogP contribution in [-0.2, 0) is 20.9 Å². The zero-order valence-electron chi connectivity index (χ0n) is 16.7. The number of ether oxygens (including phenoxy) is 1. The Bertz CT molecular complexity index is 1020. The standard InChI is InChI=1S/C21H26N2O4S2/c1-3-27-20(25)11-19-23(12-18(24)22-16-7-5-4-6-14(16)2)21(26)17(29-19)10-15-8-9-28-13-15/h8-11,13-14,16H,3-7,12H2,1-2H3,(H,22,24)/b17-10-,19-11-/t14-,16+/m0/s1. The summed E-state index contributed by atoms with van der Waals surface area (Å²) in [6.07, 6.45) is 7.43. The van der Waals surface area contributed by atoms with Gasteiger partial charge >= 0.3 is 5.97 Å². The van der Waals surface area contributed by atoms with Crippen LogP contribution in [-0.4, -0.2) is 29.1 Å². The van der Waals surface area contributed by atoms with Crippen molar-refractivity contribution in [2.75, 3.05) is 6.61 Å². The minimum atomic E-state index is -0.522. The maximum atomic E-state index is 12.9. The molecule has 2 atom stereocenters. The first-order valence-electron chi connectivity index (χ1n) is 9.89. The third-order valence-electron chi connectivity index (χ3n) is 5.06. The minimum Gasteiger partial charge on any atom is -0.463 e. The Labute approximate surface area is 177 Å². The van der Waals surface area contributed by atoms with Gasteiger partial charge in [0, 0.05) is 6.04 Å². The predicted octanol–water partition coefficient (Wildman–Crippen LogP) is 1.84. The maximum Gasteiger partial charge on any atom is 0.333 e. The highest BCUT2D eigenvalue weighted by atomic mass is 32.1. The lowest BCUT2D eigenvalue weighted by atomic mass is 9.86. The molecule has 0 bridgehead atoms. The lowest BCUT2D eigenvalue weighted by Crippen LogP contribution is -2.45. The van der Waals surface area contributed by atoms with E-state index < -0.39 is 5.97 Å². The minimum absolute atomic E-state index is 0.110. The summed E-state index contributed by atoms with van der Waals surface area (Å²) in [5, 5.41) is 6.95. The second kappa shape index (κ2) is 10.0. The van der Waals surface area contributed by atoms with Gasteiger partial charge in [0.2, 0.25) is 5.91 Å². The molecule has 0 aromatic carbocycles. The van der Waals surface area contributed by atoms with Gasteiger partial charge in [-0.1, -0.05) is 19.8 Å². The third-order valence-corrected chi connectivity index (χ3v) is 6.83. The highest BCUT2D eigenvalue weighted by molar-refractivity contribution is 7.08. The van der Waals surface area contributed by atoms with Crippen molar-refractivity contribution in [3.8, 4) is 0 Å². The fourth-order valence-corrected chi connectivity index (χ4v) is 5.16. The monoisotopic (exact) mass is 434 g/mol. The van der Waals surface area contributed by atoms with E-state index in [0.717, 1.165) is 24.8 Å². The number of hydrogen-bond acceptors (Lipinski definition) is 6. The molecule has 0 spiro atoms. The summed E-state index contributed by atoms with van der Waals surface area (Å²) < 4.78 is 7.25. The van der Waals surface area contributed by atoms with E-state index in [1.54, 1.807) is 24.3 Å². The molecule has 2 heterocycles. The molecule has 0 aliphatic heterocycles. The molecule has 0 radical (unpaired) electrons. The molecule has 1 fully saturated rings. The van der Waals surface area contributed by atoms with Crippen molar-refractivity contribution in [1.82, 2.24) is 9.88 Å². The zero-order valence-corrected chi connectivity index (χ0v) is 18.3. The molecule has 8 heteroatoms. The number of nitrogens with one attached hydrogen (secondary N) is 1. The van der Waals surface area contributed by atoms with Gasteiger partial charge in [-0.25, -0.2) is 4.79 Å². The van der Waals surface area contributed by atoms with E-state index in [-0.39, 0.29) is 30.7 Å². The number of carbonyl (C=O) groups excluding carboxylic acids is 2. The topological polar surface area (TPSA) is 77.4 Å². The van der Waals surface area contributed by atoms with E-state index in [4.69, 9.17) is 4.74 Å². The Morgan fingerprint density at radius 3 is 2.83 bits per heavy atom. The fraction of sp³-hybridized carbons (Fsp3) is 0.476. The molecule has 1 aliphatic carbocycles. The van der Waals surface area contributed by atoms with E-state index in [0.29, 0.717) is 15.1 Å². The van der Waals surface area contributed by atoms with Crippen LogP contribution >= 0.6 is 22.7 Å². The number of aromatic nitrogens is 1. The van der Waals surface area contributed by atoms with E-state index in [1.807, 2.05) is 16.8 Å². The number of hydrogen-bond donors (Lipinski definition) is 1. The van der Waals surface area contributed by atoms with Gasteiger partial charge in [0.15, 0.2) is 0 Å². The van der Waals surface area contributed by atoms with Crippen molar-refractivity contribution >= 4 is 46.7 Å². The summed E-state index contributed by atoms with van der Waals surface area (Å²) in [7, 11) is 0. The van der Waals surface area contributed by atoms with E-state index in [9.17, 15) is 14.4 Å². The summed E-state index contributed by atoms with van der Waals surface area (Å²) in [6, 6.07) is 2.06. The summed E-state index contributed by atoms with van der Waals surface area (Å²) in [6.45, 7) is 4.01. The first-order chi connectivity index (χ1) is 14.0. The van der Waals surface area contributed by atoms with Crippen LogP contribution in [0.15, 0.2) is 21.6 Å².